The Kier molecular flexibility index (Phi) is 5.92. The van der Waals surface area contributed by atoms with Crippen LogP contribution >= 0.6 is 15.9 Å². The molecule has 7 heteroatoms. The van der Waals surface area contributed by atoms with E-state index in [2.05, 4.69) is 27.3 Å². The first kappa shape index (κ1) is 16.4. The van der Waals surface area contributed by atoms with E-state index < -0.39 is 10.5 Å². The SMILES string of the molecule is CNC(C)(C#N)CCCOc1cc(Br)cc([N+](=O)[O-])c1. The fraction of sp³-hybridized carbons (Fsp3) is 0.462. The average molecular weight is 342 g/mol. The lowest BCUT2D eigenvalue weighted by Crippen LogP contribution is -2.38. The van der Waals surface area contributed by atoms with Crippen molar-refractivity contribution in [2.24, 2.45) is 0 Å². The molecule has 0 aliphatic carbocycles. The maximum Gasteiger partial charge on any atom is 0.274 e. The van der Waals surface area contributed by atoms with Crippen molar-refractivity contribution in [3.8, 4) is 11.8 Å². The first-order valence-electron chi connectivity index (χ1n) is 6.08. The second kappa shape index (κ2) is 7.22. The van der Waals surface area contributed by atoms with Crippen molar-refractivity contribution >= 4 is 21.6 Å². The molecule has 0 aliphatic rings. The molecule has 1 unspecified atom stereocenters. The highest BCUT2D eigenvalue weighted by Crippen LogP contribution is 2.26. The van der Waals surface area contributed by atoms with Gasteiger partial charge in [-0.3, -0.25) is 10.1 Å². The molecule has 1 aromatic carbocycles. The molecule has 0 radical (unpaired) electrons. The summed E-state index contributed by atoms with van der Waals surface area (Å²) in [5.74, 6) is 0.439. The Morgan fingerprint density at radius 3 is 2.80 bits per heavy atom. The molecule has 0 aliphatic heterocycles. The fourth-order valence-electron chi connectivity index (χ4n) is 1.59. The second-order valence-corrected chi connectivity index (χ2v) is 5.46. The van der Waals surface area contributed by atoms with Gasteiger partial charge in [0, 0.05) is 10.5 Å². The largest absolute Gasteiger partial charge is 0.493 e. The third-order valence-corrected chi connectivity index (χ3v) is 3.41. The Balaban J connectivity index is 2.55. The van der Waals surface area contributed by atoms with Crippen LogP contribution in [0.5, 0.6) is 5.75 Å². The van der Waals surface area contributed by atoms with Gasteiger partial charge in [0.15, 0.2) is 0 Å². The quantitative estimate of drug-likeness (QED) is 0.467. The molecule has 1 aromatic rings. The summed E-state index contributed by atoms with van der Waals surface area (Å²) in [5, 5.41) is 22.7. The minimum atomic E-state index is -0.577. The summed E-state index contributed by atoms with van der Waals surface area (Å²) < 4.78 is 6.09. The predicted octanol–water partition coefficient (Wildman–Crippen LogP) is 3.02. The van der Waals surface area contributed by atoms with Gasteiger partial charge in [-0.15, -0.1) is 0 Å². The average Bonchev–Trinajstić information content (AvgIpc) is 2.42. The van der Waals surface area contributed by atoms with Crippen LogP contribution in [-0.2, 0) is 0 Å². The van der Waals surface area contributed by atoms with Gasteiger partial charge in [0.1, 0.15) is 11.3 Å². The first-order chi connectivity index (χ1) is 9.40. The molecule has 108 valence electrons. The molecule has 0 fully saturated rings. The molecular weight excluding hydrogens is 326 g/mol. The second-order valence-electron chi connectivity index (χ2n) is 4.55. The molecule has 1 rings (SSSR count). The van der Waals surface area contributed by atoms with Crippen molar-refractivity contribution in [1.82, 2.24) is 5.32 Å². The van der Waals surface area contributed by atoms with E-state index in [0.717, 1.165) is 0 Å². The van der Waals surface area contributed by atoms with E-state index >= 15 is 0 Å². The van der Waals surface area contributed by atoms with E-state index in [1.165, 1.54) is 12.1 Å². The highest BCUT2D eigenvalue weighted by molar-refractivity contribution is 9.10. The van der Waals surface area contributed by atoms with Crippen LogP contribution in [-0.4, -0.2) is 24.1 Å². The Bertz CT molecular complexity index is 530. The molecule has 0 bridgehead atoms. The van der Waals surface area contributed by atoms with E-state index in [9.17, 15) is 10.1 Å². The molecule has 1 atom stereocenters. The molecule has 0 aromatic heterocycles. The van der Waals surface area contributed by atoms with E-state index in [0.29, 0.717) is 29.7 Å². The van der Waals surface area contributed by atoms with Crippen LogP contribution in [0.25, 0.3) is 0 Å². The fourth-order valence-corrected chi connectivity index (χ4v) is 2.05. The minimum absolute atomic E-state index is 0.0218. The number of nitriles is 1. The number of non-ortho nitro benzene ring substituents is 1. The molecule has 20 heavy (non-hydrogen) atoms. The molecule has 0 saturated heterocycles. The van der Waals surface area contributed by atoms with Crippen molar-refractivity contribution in [1.29, 1.82) is 5.26 Å². The number of benzene rings is 1. The van der Waals surface area contributed by atoms with Crippen LogP contribution in [0.15, 0.2) is 22.7 Å². The van der Waals surface area contributed by atoms with Crippen LogP contribution < -0.4 is 10.1 Å². The number of nitrogens with one attached hydrogen (secondary N) is 1. The van der Waals surface area contributed by atoms with Crippen molar-refractivity contribution in [3.63, 3.8) is 0 Å². The summed E-state index contributed by atoms with van der Waals surface area (Å²) in [6.45, 7) is 2.21. The van der Waals surface area contributed by atoms with Gasteiger partial charge in [-0.2, -0.15) is 5.26 Å². The van der Waals surface area contributed by atoms with Crippen LogP contribution in [0.3, 0.4) is 0 Å². The zero-order valence-electron chi connectivity index (χ0n) is 11.4. The predicted molar refractivity (Wildman–Crippen MR) is 78.6 cm³/mol. The standard InChI is InChI=1S/C13H16BrN3O3/c1-13(9-15,16-2)4-3-5-20-12-7-10(14)6-11(8-12)17(18)19/h6-8,16H,3-5H2,1-2H3. The van der Waals surface area contributed by atoms with Crippen molar-refractivity contribution in [2.45, 2.75) is 25.3 Å². The van der Waals surface area contributed by atoms with Crippen molar-refractivity contribution in [2.75, 3.05) is 13.7 Å². The third kappa shape index (κ3) is 4.79. The summed E-state index contributed by atoms with van der Waals surface area (Å²) in [4.78, 5) is 10.3. The minimum Gasteiger partial charge on any atom is -0.493 e. The van der Waals surface area contributed by atoms with Gasteiger partial charge in [-0.1, -0.05) is 15.9 Å². The normalized spacial score (nSPS) is 13.3. The summed E-state index contributed by atoms with van der Waals surface area (Å²) >= 11 is 3.21. The zero-order valence-corrected chi connectivity index (χ0v) is 12.9. The molecule has 0 heterocycles. The van der Waals surface area contributed by atoms with Gasteiger partial charge < -0.3 is 10.1 Å². The third-order valence-electron chi connectivity index (χ3n) is 2.96. The molecular formula is C13H16BrN3O3. The summed E-state index contributed by atoms with van der Waals surface area (Å²) in [7, 11) is 1.74. The van der Waals surface area contributed by atoms with E-state index in [1.807, 2.05) is 6.92 Å². The van der Waals surface area contributed by atoms with Gasteiger partial charge in [0.2, 0.25) is 0 Å². The number of halogens is 1. The summed E-state index contributed by atoms with van der Waals surface area (Å²) in [5.41, 5.74) is -0.599. The van der Waals surface area contributed by atoms with Crippen LogP contribution in [0.2, 0.25) is 0 Å². The van der Waals surface area contributed by atoms with Gasteiger partial charge in [0.05, 0.1) is 23.7 Å². The van der Waals surface area contributed by atoms with Gasteiger partial charge >= 0.3 is 0 Å². The lowest BCUT2D eigenvalue weighted by atomic mass is 9.98. The number of ether oxygens (including phenoxy) is 1. The van der Waals surface area contributed by atoms with Crippen LogP contribution in [0.1, 0.15) is 19.8 Å². The molecule has 0 spiro atoms. The number of nitro groups is 1. The maximum absolute atomic E-state index is 10.7. The number of hydrogen-bond donors (Lipinski definition) is 1. The number of rotatable bonds is 7. The molecule has 0 saturated carbocycles. The van der Waals surface area contributed by atoms with Crippen LogP contribution in [0.4, 0.5) is 5.69 Å². The Morgan fingerprint density at radius 2 is 2.25 bits per heavy atom. The molecule has 1 N–H and O–H groups in total. The first-order valence-corrected chi connectivity index (χ1v) is 6.87. The Labute approximate surface area is 126 Å². The van der Waals surface area contributed by atoms with E-state index in [4.69, 9.17) is 10.00 Å². The maximum atomic E-state index is 10.7. The molecule has 0 amide bonds. The van der Waals surface area contributed by atoms with E-state index in [-0.39, 0.29) is 5.69 Å². The lowest BCUT2D eigenvalue weighted by Gasteiger charge is -2.20. The smallest absolute Gasteiger partial charge is 0.274 e. The van der Waals surface area contributed by atoms with Gasteiger partial charge in [-0.25, -0.2) is 0 Å². The number of nitro benzene ring substituents is 1. The van der Waals surface area contributed by atoms with Gasteiger partial charge in [0.25, 0.3) is 5.69 Å². The highest BCUT2D eigenvalue weighted by Gasteiger charge is 2.20. The lowest BCUT2D eigenvalue weighted by molar-refractivity contribution is -0.385. The Hall–Kier alpha value is -1.65. The molecule has 6 nitrogen and oxygen atoms in total. The zero-order chi connectivity index (χ0) is 15.2. The summed E-state index contributed by atoms with van der Waals surface area (Å²) in [6, 6.07) is 6.67. The number of nitrogens with zero attached hydrogens (tertiary/aromatic N) is 2. The van der Waals surface area contributed by atoms with Crippen LogP contribution in [0, 0.1) is 21.4 Å². The summed E-state index contributed by atoms with van der Waals surface area (Å²) in [6.07, 6.45) is 1.31. The monoisotopic (exact) mass is 341 g/mol. The number of hydrogen-bond acceptors (Lipinski definition) is 5. The van der Waals surface area contributed by atoms with E-state index in [1.54, 1.807) is 13.1 Å². The van der Waals surface area contributed by atoms with Crippen molar-refractivity contribution in [3.05, 3.63) is 32.8 Å². The topological polar surface area (TPSA) is 88.2 Å². The van der Waals surface area contributed by atoms with Crippen molar-refractivity contribution < 1.29 is 9.66 Å². The Morgan fingerprint density at radius 1 is 1.55 bits per heavy atom. The van der Waals surface area contributed by atoms with Gasteiger partial charge in [-0.05, 0) is 32.9 Å². The highest BCUT2D eigenvalue weighted by atomic mass is 79.9.